The Hall–Kier alpha value is -1.62. The summed E-state index contributed by atoms with van der Waals surface area (Å²) >= 11 is 0. The number of aliphatic carboxylic acids is 2. The summed E-state index contributed by atoms with van der Waals surface area (Å²) in [4.78, 5) is 24.5. The quantitative estimate of drug-likeness (QED) is 0.760. The maximum Gasteiger partial charge on any atom is 0.334 e. The lowest BCUT2D eigenvalue weighted by Gasteiger charge is -2.49. The molecule has 26 heavy (non-hydrogen) atoms. The van der Waals surface area contributed by atoms with Crippen LogP contribution in [0.5, 0.6) is 0 Å². The molecule has 2 atom stereocenters. The van der Waals surface area contributed by atoms with Gasteiger partial charge in [0.2, 0.25) is 0 Å². The Morgan fingerprint density at radius 3 is 2.12 bits per heavy atom. The van der Waals surface area contributed by atoms with Crippen LogP contribution in [-0.2, 0) is 14.3 Å². The van der Waals surface area contributed by atoms with Gasteiger partial charge in [-0.25, -0.2) is 4.79 Å². The highest BCUT2D eigenvalue weighted by molar-refractivity contribution is 5.93. The van der Waals surface area contributed by atoms with Crippen LogP contribution in [-0.4, -0.2) is 33.9 Å². The average Bonchev–Trinajstić information content (AvgIpc) is 2.62. The van der Waals surface area contributed by atoms with Gasteiger partial charge in [-0.2, -0.15) is 0 Å². The van der Waals surface area contributed by atoms with Crippen molar-refractivity contribution in [2.24, 2.45) is 11.8 Å². The highest BCUT2D eigenvalue weighted by Gasteiger charge is 2.56. The standard InChI is InChI=1S/C21H30O5/c1-14-12-13-17(19(22)23)21(18(14)20(24)25,15-8-4-2-5-9-15)26-16-10-6-3-7-11-16/h12-13,15-17H,2-11H2,1H3,(H,22,23)(H,24,25). The predicted molar refractivity (Wildman–Crippen MR) is 97.9 cm³/mol. The minimum absolute atomic E-state index is 0.0545. The molecule has 0 bridgehead atoms. The lowest BCUT2D eigenvalue weighted by atomic mass is 9.63. The van der Waals surface area contributed by atoms with E-state index in [-0.39, 0.29) is 17.6 Å². The lowest BCUT2D eigenvalue weighted by Crippen LogP contribution is -2.56. The normalized spacial score (nSPS) is 31.2. The third-order valence-corrected chi connectivity index (χ3v) is 6.39. The third-order valence-electron chi connectivity index (χ3n) is 6.39. The molecule has 2 fully saturated rings. The van der Waals surface area contributed by atoms with Gasteiger partial charge in [0, 0.05) is 0 Å². The Bertz CT molecular complexity index is 608. The molecule has 0 heterocycles. The molecule has 0 radical (unpaired) electrons. The van der Waals surface area contributed by atoms with Crippen molar-refractivity contribution in [3.8, 4) is 0 Å². The molecule has 5 nitrogen and oxygen atoms in total. The molecule has 0 spiro atoms. The van der Waals surface area contributed by atoms with E-state index in [4.69, 9.17) is 4.74 Å². The van der Waals surface area contributed by atoms with Crippen LogP contribution in [0.25, 0.3) is 0 Å². The number of rotatable bonds is 5. The van der Waals surface area contributed by atoms with E-state index in [2.05, 4.69) is 0 Å². The van der Waals surface area contributed by atoms with Crippen molar-refractivity contribution >= 4 is 11.9 Å². The predicted octanol–water partition coefficient (Wildman–Crippen LogP) is 4.33. The van der Waals surface area contributed by atoms with Crippen molar-refractivity contribution in [3.05, 3.63) is 23.3 Å². The summed E-state index contributed by atoms with van der Waals surface area (Å²) in [6, 6.07) is 0. The first-order valence-electron chi connectivity index (χ1n) is 10.00. The van der Waals surface area contributed by atoms with Gasteiger partial charge >= 0.3 is 11.9 Å². The van der Waals surface area contributed by atoms with E-state index >= 15 is 0 Å². The SMILES string of the molecule is CC1=C(C(=O)O)C(OC2CCCCC2)(C2CCCCC2)C(C(=O)O)C=C1. The van der Waals surface area contributed by atoms with Gasteiger partial charge in [0.25, 0.3) is 0 Å². The van der Waals surface area contributed by atoms with E-state index in [1.54, 1.807) is 19.1 Å². The van der Waals surface area contributed by atoms with Gasteiger partial charge in [-0.1, -0.05) is 50.7 Å². The van der Waals surface area contributed by atoms with Crippen LogP contribution in [0.1, 0.15) is 71.1 Å². The number of carboxylic acid groups (broad SMARTS) is 2. The van der Waals surface area contributed by atoms with Crippen molar-refractivity contribution in [1.82, 2.24) is 0 Å². The second-order valence-electron chi connectivity index (χ2n) is 8.04. The summed E-state index contributed by atoms with van der Waals surface area (Å²) in [5, 5.41) is 20.0. The maximum atomic E-state index is 12.3. The van der Waals surface area contributed by atoms with E-state index in [0.29, 0.717) is 5.57 Å². The molecule has 2 saturated carbocycles. The summed E-state index contributed by atoms with van der Waals surface area (Å²) in [6.07, 6.45) is 13.1. The first-order chi connectivity index (χ1) is 12.5. The molecule has 3 aliphatic rings. The molecule has 0 saturated heterocycles. The Kier molecular flexibility index (Phi) is 5.86. The Balaban J connectivity index is 2.10. The summed E-state index contributed by atoms with van der Waals surface area (Å²) in [7, 11) is 0. The fourth-order valence-corrected chi connectivity index (χ4v) is 5.21. The van der Waals surface area contributed by atoms with E-state index in [1.807, 2.05) is 0 Å². The lowest BCUT2D eigenvalue weighted by molar-refractivity contribution is -0.175. The number of hydrogen-bond donors (Lipinski definition) is 2. The number of carbonyl (C=O) groups is 2. The number of hydrogen-bond acceptors (Lipinski definition) is 3. The van der Waals surface area contributed by atoms with Gasteiger partial charge in [-0.05, 0) is 44.1 Å². The minimum Gasteiger partial charge on any atom is -0.481 e. The first kappa shape index (κ1) is 19.2. The average molecular weight is 362 g/mol. The molecule has 3 aliphatic carbocycles. The zero-order chi connectivity index (χ0) is 18.7. The third kappa shape index (κ3) is 3.46. The van der Waals surface area contributed by atoms with E-state index in [9.17, 15) is 19.8 Å². The summed E-state index contributed by atoms with van der Waals surface area (Å²) < 4.78 is 6.61. The largest absolute Gasteiger partial charge is 0.481 e. The van der Waals surface area contributed by atoms with Gasteiger partial charge in [-0.3, -0.25) is 4.79 Å². The zero-order valence-electron chi connectivity index (χ0n) is 15.6. The molecule has 0 aromatic rings. The monoisotopic (exact) mass is 362 g/mol. The molecule has 3 rings (SSSR count). The van der Waals surface area contributed by atoms with E-state index in [1.165, 1.54) is 6.42 Å². The molecule has 5 heteroatoms. The van der Waals surface area contributed by atoms with Gasteiger partial charge < -0.3 is 14.9 Å². The van der Waals surface area contributed by atoms with Gasteiger partial charge in [0.15, 0.2) is 0 Å². The molecular weight excluding hydrogens is 332 g/mol. The van der Waals surface area contributed by atoms with Crippen molar-refractivity contribution in [2.45, 2.75) is 82.8 Å². The summed E-state index contributed by atoms with van der Waals surface area (Å²) in [5.74, 6) is -3.04. The topological polar surface area (TPSA) is 83.8 Å². The highest BCUT2D eigenvalue weighted by Crippen LogP contribution is 2.50. The molecule has 0 aromatic heterocycles. The second-order valence-corrected chi connectivity index (χ2v) is 8.04. The molecule has 0 aromatic carbocycles. The van der Waals surface area contributed by atoms with E-state index in [0.717, 1.165) is 57.8 Å². The highest BCUT2D eigenvalue weighted by atomic mass is 16.5. The van der Waals surface area contributed by atoms with Crippen molar-refractivity contribution in [1.29, 1.82) is 0 Å². The molecule has 0 amide bonds. The first-order valence-corrected chi connectivity index (χ1v) is 10.00. The van der Waals surface area contributed by atoms with Gasteiger partial charge in [-0.15, -0.1) is 0 Å². The Morgan fingerprint density at radius 2 is 1.58 bits per heavy atom. The number of allylic oxidation sites excluding steroid dienone is 2. The van der Waals surface area contributed by atoms with Crippen molar-refractivity contribution < 1.29 is 24.5 Å². The van der Waals surface area contributed by atoms with Crippen LogP contribution >= 0.6 is 0 Å². The van der Waals surface area contributed by atoms with Gasteiger partial charge in [0.05, 0.1) is 11.7 Å². The summed E-state index contributed by atoms with van der Waals surface area (Å²) in [5.41, 5.74) is -0.458. The fraction of sp³-hybridized carbons (Fsp3) is 0.714. The zero-order valence-corrected chi connectivity index (χ0v) is 15.6. The minimum atomic E-state index is -1.25. The van der Waals surface area contributed by atoms with Crippen LogP contribution in [0.4, 0.5) is 0 Å². The molecule has 2 N–H and O–H groups in total. The molecule has 2 unspecified atom stereocenters. The van der Waals surface area contributed by atoms with Gasteiger partial charge in [0.1, 0.15) is 11.5 Å². The van der Waals surface area contributed by atoms with Crippen LogP contribution in [0.3, 0.4) is 0 Å². The van der Waals surface area contributed by atoms with Crippen LogP contribution in [0.2, 0.25) is 0 Å². The van der Waals surface area contributed by atoms with Crippen molar-refractivity contribution in [2.75, 3.05) is 0 Å². The molecule has 144 valence electrons. The molecule has 0 aliphatic heterocycles. The van der Waals surface area contributed by atoms with Crippen LogP contribution in [0, 0.1) is 11.8 Å². The Morgan fingerprint density at radius 1 is 1.00 bits per heavy atom. The van der Waals surface area contributed by atoms with E-state index < -0.39 is 23.5 Å². The second kappa shape index (κ2) is 7.95. The number of carboxylic acids is 2. The molecular formula is C21H30O5. The Labute approximate surface area is 155 Å². The van der Waals surface area contributed by atoms with Crippen LogP contribution < -0.4 is 0 Å². The summed E-state index contributed by atoms with van der Waals surface area (Å²) in [6.45, 7) is 1.76. The smallest absolute Gasteiger partial charge is 0.334 e. The number of ether oxygens (including phenoxy) is 1. The van der Waals surface area contributed by atoms with Crippen LogP contribution in [0.15, 0.2) is 23.3 Å². The van der Waals surface area contributed by atoms with Crippen molar-refractivity contribution in [3.63, 3.8) is 0 Å². The maximum absolute atomic E-state index is 12.3. The fourth-order valence-electron chi connectivity index (χ4n) is 5.21.